The number of rotatable bonds is 5. The van der Waals surface area contributed by atoms with Gasteiger partial charge < -0.3 is 10.2 Å². The Morgan fingerprint density at radius 3 is 2.53 bits per heavy atom. The number of aryl methyl sites for hydroxylation is 1. The zero-order chi connectivity index (χ0) is 21.1. The molecule has 1 atom stereocenters. The highest BCUT2D eigenvalue weighted by Gasteiger charge is 2.32. The first kappa shape index (κ1) is 20.7. The van der Waals surface area contributed by atoms with E-state index in [2.05, 4.69) is 21.2 Å². The van der Waals surface area contributed by atoms with Crippen LogP contribution < -0.4 is 5.32 Å². The number of hydrogen-bond donors (Lipinski definition) is 1. The van der Waals surface area contributed by atoms with Gasteiger partial charge in [-0.15, -0.1) is 11.8 Å². The third kappa shape index (κ3) is 4.60. The molecule has 3 aromatic rings. The van der Waals surface area contributed by atoms with E-state index in [1.54, 1.807) is 11.8 Å². The predicted octanol–water partition coefficient (Wildman–Crippen LogP) is 5.78. The lowest BCUT2D eigenvalue weighted by Crippen LogP contribution is -2.27. The summed E-state index contributed by atoms with van der Waals surface area (Å²) in [6.45, 7) is 2.57. The number of anilines is 1. The lowest BCUT2D eigenvalue weighted by molar-refractivity contribution is -0.128. The van der Waals surface area contributed by atoms with Crippen molar-refractivity contribution in [3.8, 4) is 0 Å². The molecule has 30 heavy (non-hydrogen) atoms. The molecule has 1 fully saturated rings. The summed E-state index contributed by atoms with van der Waals surface area (Å²) in [5, 5.41) is 2.90. The number of benzene rings is 3. The Morgan fingerprint density at radius 1 is 1.10 bits per heavy atom. The summed E-state index contributed by atoms with van der Waals surface area (Å²) in [5.74, 6) is 0.462. The SMILES string of the molecule is Cc1cc(NC(=O)c2ccc([C@@H]3SCC(=O)N3Cc3ccccc3)cc2)ccc1Br. The second-order valence-electron chi connectivity index (χ2n) is 7.21. The van der Waals surface area contributed by atoms with E-state index in [0.717, 1.165) is 26.9 Å². The maximum Gasteiger partial charge on any atom is 0.255 e. The van der Waals surface area contributed by atoms with Gasteiger partial charge in [0.1, 0.15) is 5.37 Å². The Balaban J connectivity index is 1.47. The molecule has 0 saturated carbocycles. The van der Waals surface area contributed by atoms with Crippen LogP contribution in [0.2, 0.25) is 0 Å². The van der Waals surface area contributed by atoms with Gasteiger partial charge >= 0.3 is 0 Å². The molecule has 1 heterocycles. The van der Waals surface area contributed by atoms with Crippen LogP contribution in [0.1, 0.15) is 32.4 Å². The molecule has 3 aromatic carbocycles. The summed E-state index contributed by atoms with van der Waals surface area (Å²) in [4.78, 5) is 26.9. The number of nitrogens with one attached hydrogen (secondary N) is 1. The highest BCUT2D eigenvalue weighted by Crippen LogP contribution is 2.39. The van der Waals surface area contributed by atoms with E-state index in [1.807, 2.05) is 84.6 Å². The Kier molecular flexibility index (Phi) is 6.25. The number of hydrogen-bond acceptors (Lipinski definition) is 3. The van der Waals surface area contributed by atoms with Gasteiger partial charge in [0.25, 0.3) is 5.91 Å². The fourth-order valence-corrected chi connectivity index (χ4v) is 4.84. The minimum Gasteiger partial charge on any atom is -0.322 e. The van der Waals surface area contributed by atoms with Crippen molar-refractivity contribution in [3.05, 3.63) is 99.5 Å². The molecule has 1 aliphatic rings. The van der Waals surface area contributed by atoms with Crippen LogP contribution in [0.5, 0.6) is 0 Å². The van der Waals surface area contributed by atoms with Crippen molar-refractivity contribution in [1.29, 1.82) is 0 Å². The highest BCUT2D eigenvalue weighted by atomic mass is 79.9. The third-order valence-electron chi connectivity index (χ3n) is 5.04. The van der Waals surface area contributed by atoms with Crippen molar-refractivity contribution in [1.82, 2.24) is 4.90 Å². The lowest BCUT2D eigenvalue weighted by atomic mass is 10.1. The van der Waals surface area contributed by atoms with Crippen LogP contribution in [-0.4, -0.2) is 22.5 Å². The summed E-state index contributed by atoms with van der Waals surface area (Å²) in [6, 6.07) is 23.2. The number of halogens is 1. The molecular weight excluding hydrogens is 460 g/mol. The maximum absolute atomic E-state index is 12.6. The molecule has 0 unspecified atom stereocenters. The Hall–Kier alpha value is -2.57. The zero-order valence-corrected chi connectivity index (χ0v) is 18.9. The van der Waals surface area contributed by atoms with Crippen LogP contribution in [0.3, 0.4) is 0 Å². The van der Waals surface area contributed by atoms with Crippen molar-refractivity contribution < 1.29 is 9.59 Å². The molecule has 152 valence electrons. The molecule has 1 aliphatic heterocycles. The maximum atomic E-state index is 12.6. The Morgan fingerprint density at radius 2 is 1.83 bits per heavy atom. The zero-order valence-electron chi connectivity index (χ0n) is 16.5. The largest absolute Gasteiger partial charge is 0.322 e. The normalized spacial score (nSPS) is 16.0. The van der Waals surface area contributed by atoms with Gasteiger partial charge in [-0.25, -0.2) is 0 Å². The topological polar surface area (TPSA) is 49.4 Å². The second kappa shape index (κ2) is 9.06. The Bertz CT molecular complexity index is 1070. The summed E-state index contributed by atoms with van der Waals surface area (Å²) >= 11 is 5.09. The quantitative estimate of drug-likeness (QED) is 0.503. The van der Waals surface area contributed by atoms with Gasteiger partial charge in [0.15, 0.2) is 0 Å². The van der Waals surface area contributed by atoms with Gasteiger partial charge in [0.05, 0.1) is 5.75 Å². The third-order valence-corrected chi connectivity index (χ3v) is 7.18. The van der Waals surface area contributed by atoms with E-state index in [0.29, 0.717) is 17.9 Å². The number of amides is 2. The van der Waals surface area contributed by atoms with Crippen LogP contribution >= 0.6 is 27.7 Å². The first-order valence-corrected chi connectivity index (χ1v) is 11.5. The molecule has 0 spiro atoms. The van der Waals surface area contributed by atoms with Crippen LogP contribution in [0.15, 0.2) is 77.3 Å². The number of thioether (sulfide) groups is 1. The van der Waals surface area contributed by atoms with Gasteiger partial charge in [0.2, 0.25) is 5.91 Å². The lowest BCUT2D eigenvalue weighted by Gasteiger charge is -2.24. The van der Waals surface area contributed by atoms with E-state index in [-0.39, 0.29) is 17.2 Å². The van der Waals surface area contributed by atoms with Crippen molar-refractivity contribution in [2.24, 2.45) is 0 Å². The summed E-state index contributed by atoms with van der Waals surface area (Å²) < 4.78 is 1.01. The van der Waals surface area contributed by atoms with Gasteiger partial charge in [-0.05, 0) is 53.9 Å². The van der Waals surface area contributed by atoms with Crippen LogP contribution in [0.25, 0.3) is 0 Å². The van der Waals surface area contributed by atoms with Crippen molar-refractivity contribution in [3.63, 3.8) is 0 Å². The second-order valence-corrected chi connectivity index (χ2v) is 9.13. The van der Waals surface area contributed by atoms with E-state index >= 15 is 0 Å². The number of nitrogens with zero attached hydrogens (tertiary/aromatic N) is 1. The molecule has 0 bridgehead atoms. The van der Waals surface area contributed by atoms with Gasteiger partial charge in [-0.3, -0.25) is 9.59 Å². The van der Waals surface area contributed by atoms with Crippen molar-refractivity contribution in [2.75, 3.05) is 11.1 Å². The summed E-state index contributed by atoms with van der Waals surface area (Å²) in [7, 11) is 0. The minimum absolute atomic E-state index is 0.0380. The smallest absolute Gasteiger partial charge is 0.255 e. The van der Waals surface area contributed by atoms with E-state index < -0.39 is 0 Å². The van der Waals surface area contributed by atoms with Gasteiger partial charge in [-0.1, -0.05) is 58.4 Å². The summed E-state index contributed by atoms with van der Waals surface area (Å²) in [5.41, 5.74) is 4.54. The average Bonchev–Trinajstić information content (AvgIpc) is 3.12. The molecule has 0 aromatic heterocycles. The summed E-state index contributed by atoms with van der Waals surface area (Å²) in [6.07, 6.45) is 0. The monoisotopic (exact) mass is 480 g/mol. The molecule has 6 heteroatoms. The van der Waals surface area contributed by atoms with Gasteiger partial charge in [0, 0.05) is 22.3 Å². The minimum atomic E-state index is -0.153. The Labute approximate surface area is 188 Å². The van der Waals surface area contributed by atoms with E-state index in [4.69, 9.17) is 0 Å². The molecular formula is C24H21BrN2O2S. The van der Waals surface area contributed by atoms with Crippen LogP contribution in [0.4, 0.5) is 5.69 Å². The fraction of sp³-hybridized carbons (Fsp3) is 0.167. The average molecular weight is 481 g/mol. The molecule has 1 N–H and O–H groups in total. The number of carbonyl (C=O) groups is 2. The van der Waals surface area contributed by atoms with Crippen LogP contribution in [-0.2, 0) is 11.3 Å². The first-order chi connectivity index (χ1) is 14.5. The van der Waals surface area contributed by atoms with Crippen molar-refractivity contribution in [2.45, 2.75) is 18.8 Å². The van der Waals surface area contributed by atoms with Gasteiger partial charge in [-0.2, -0.15) is 0 Å². The van der Waals surface area contributed by atoms with Crippen molar-refractivity contribution >= 4 is 45.2 Å². The molecule has 0 radical (unpaired) electrons. The predicted molar refractivity (Wildman–Crippen MR) is 125 cm³/mol. The molecule has 0 aliphatic carbocycles. The van der Waals surface area contributed by atoms with E-state index in [9.17, 15) is 9.59 Å². The molecule has 4 rings (SSSR count). The first-order valence-electron chi connectivity index (χ1n) is 9.64. The van der Waals surface area contributed by atoms with E-state index in [1.165, 1.54) is 0 Å². The molecule has 4 nitrogen and oxygen atoms in total. The fourth-order valence-electron chi connectivity index (χ4n) is 3.41. The standard InChI is InChI=1S/C24H21BrN2O2S/c1-16-13-20(11-12-21(16)25)26-23(29)18-7-9-19(10-8-18)24-27(22(28)15-30-24)14-17-5-3-2-4-6-17/h2-13,24H,14-15H2,1H3,(H,26,29)/t24-/m0/s1. The number of carbonyl (C=O) groups excluding carboxylic acids is 2. The molecule has 1 saturated heterocycles. The van der Waals surface area contributed by atoms with Crippen LogP contribution in [0, 0.1) is 6.92 Å². The highest BCUT2D eigenvalue weighted by molar-refractivity contribution is 9.10. The molecule has 2 amide bonds.